The molecule has 3 aromatic carbocycles. The number of carbonyl (C=O) groups is 1. The lowest BCUT2D eigenvalue weighted by atomic mass is 10.2. The average molecular weight is 478 g/mol. The molecule has 0 saturated heterocycles. The molecule has 7 nitrogen and oxygen atoms in total. The molecule has 0 aliphatic rings. The summed E-state index contributed by atoms with van der Waals surface area (Å²) in [6.07, 6.45) is 1.58. The summed E-state index contributed by atoms with van der Waals surface area (Å²) in [6, 6.07) is 24.5. The molecule has 0 fully saturated rings. The molecule has 0 unspecified atom stereocenters. The number of carbonyl (C=O) groups excluding carboxylic acids is 1. The van der Waals surface area contributed by atoms with Gasteiger partial charge in [0.25, 0.3) is 5.91 Å². The molecule has 4 rings (SSSR count). The Bertz CT molecular complexity index is 1240. The minimum atomic E-state index is -0.253. The number of rotatable bonds is 8. The van der Waals surface area contributed by atoms with E-state index >= 15 is 0 Å². The van der Waals surface area contributed by atoms with Crippen molar-refractivity contribution in [3.05, 3.63) is 89.4 Å². The standard InChI is InChI=1S/C24H20ClN5O2S/c1-32-21-13-7-17(8-14-21)15-26-27-22(31)16-33-24-29-28-23(18-5-3-2-4-6-18)30(24)20-11-9-19(25)10-12-20/h2-15H,16H2,1H3,(H,27,31)/b26-15-. The molecular formula is C24H20ClN5O2S. The van der Waals surface area contributed by atoms with E-state index in [1.807, 2.05) is 71.3 Å². The second-order valence-corrected chi connectivity index (χ2v) is 8.22. The highest BCUT2D eigenvalue weighted by Crippen LogP contribution is 2.28. The van der Waals surface area contributed by atoms with E-state index in [2.05, 4.69) is 20.7 Å². The van der Waals surface area contributed by atoms with Gasteiger partial charge in [-0.15, -0.1) is 10.2 Å². The van der Waals surface area contributed by atoms with Crippen LogP contribution in [0.1, 0.15) is 5.56 Å². The van der Waals surface area contributed by atoms with Crippen molar-refractivity contribution in [1.29, 1.82) is 0 Å². The first kappa shape index (κ1) is 22.6. The van der Waals surface area contributed by atoms with Gasteiger partial charge in [-0.1, -0.05) is 53.7 Å². The van der Waals surface area contributed by atoms with Gasteiger partial charge in [0, 0.05) is 16.3 Å². The van der Waals surface area contributed by atoms with Gasteiger partial charge in [0.1, 0.15) is 5.75 Å². The number of methoxy groups -OCH3 is 1. The zero-order chi connectivity index (χ0) is 23.0. The molecule has 1 amide bonds. The Kier molecular flexibility index (Phi) is 7.39. The zero-order valence-corrected chi connectivity index (χ0v) is 19.3. The number of benzene rings is 3. The topological polar surface area (TPSA) is 81.4 Å². The quantitative estimate of drug-likeness (QED) is 0.223. The fourth-order valence-corrected chi connectivity index (χ4v) is 3.86. The van der Waals surface area contributed by atoms with Crippen molar-refractivity contribution in [3.63, 3.8) is 0 Å². The molecule has 33 heavy (non-hydrogen) atoms. The molecular weight excluding hydrogens is 458 g/mol. The molecule has 0 aliphatic carbocycles. The summed E-state index contributed by atoms with van der Waals surface area (Å²) in [6.45, 7) is 0. The first-order valence-electron chi connectivity index (χ1n) is 9.99. The van der Waals surface area contributed by atoms with E-state index in [0.29, 0.717) is 16.0 Å². The minimum absolute atomic E-state index is 0.125. The lowest BCUT2D eigenvalue weighted by molar-refractivity contribution is -0.118. The molecule has 0 aliphatic heterocycles. The van der Waals surface area contributed by atoms with E-state index in [1.54, 1.807) is 25.5 Å². The smallest absolute Gasteiger partial charge is 0.250 e. The third kappa shape index (κ3) is 5.79. The van der Waals surface area contributed by atoms with Gasteiger partial charge >= 0.3 is 0 Å². The normalized spacial score (nSPS) is 11.0. The number of nitrogens with one attached hydrogen (secondary N) is 1. The van der Waals surface area contributed by atoms with Crippen molar-refractivity contribution < 1.29 is 9.53 Å². The highest BCUT2D eigenvalue weighted by Gasteiger charge is 2.17. The summed E-state index contributed by atoms with van der Waals surface area (Å²) >= 11 is 7.34. The van der Waals surface area contributed by atoms with Crippen LogP contribution in [-0.2, 0) is 4.79 Å². The average Bonchev–Trinajstić information content (AvgIpc) is 3.28. The lowest BCUT2D eigenvalue weighted by Crippen LogP contribution is -2.20. The number of hydrazone groups is 1. The van der Waals surface area contributed by atoms with Crippen LogP contribution >= 0.6 is 23.4 Å². The van der Waals surface area contributed by atoms with Crippen LogP contribution in [0.25, 0.3) is 17.1 Å². The fraction of sp³-hybridized carbons (Fsp3) is 0.0833. The molecule has 0 spiro atoms. The fourth-order valence-electron chi connectivity index (χ4n) is 2.99. The van der Waals surface area contributed by atoms with Gasteiger partial charge in [-0.2, -0.15) is 5.10 Å². The van der Waals surface area contributed by atoms with Crippen LogP contribution in [-0.4, -0.2) is 39.7 Å². The monoisotopic (exact) mass is 477 g/mol. The number of hydrogen-bond donors (Lipinski definition) is 1. The summed E-state index contributed by atoms with van der Waals surface area (Å²) in [5, 5.41) is 13.9. The number of nitrogens with zero attached hydrogens (tertiary/aromatic N) is 4. The predicted molar refractivity (Wildman–Crippen MR) is 131 cm³/mol. The van der Waals surface area contributed by atoms with Crippen LogP contribution in [0.5, 0.6) is 5.75 Å². The number of hydrogen-bond acceptors (Lipinski definition) is 6. The van der Waals surface area contributed by atoms with E-state index in [4.69, 9.17) is 16.3 Å². The highest BCUT2D eigenvalue weighted by atomic mass is 35.5. The summed E-state index contributed by atoms with van der Waals surface area (Å²) in [5.74, 6) is 1.31. The first-order valence-corrected chi connectivity index (χ1v) is 11.4. The van der Waals surface area contributed by atoms with Gasteiger partial charge in [0.15, 0.2) is 11.0 Å². The Balaban J connectivity index is 1.47. The summed E-state index contributed by atoms with van der Waals surface area (Å²) in [4.78, 5) is 12.3. The second kappa shape index (κ2) is 10.8. The molecule has 4 aromatic rings. The van der Waals surface area contributed by atoms with Gasteiger partial charge in [0.05, 0.1) is 19.1 Å². The van der Waals surface area contributed by atoms with Crippen molar-refractivity contribution in [2.24, 2.45) is 5.10 Å². The van der Waals surface area contributed by atoms with Crippen LogP contribution in [0, 0.1) is 0 Å². The van der Waals surface area contributed by atoms with E-state index in [1.165, 1.54) is 11.8 Å². The molecule has 0 atom stereocenters. The number of aromatic nitrogens is 3. The Morgan fingerprint density at radius 3 is 2.48 bits per heavy atom. The summed E-state index contributed by atoms with van der Waals surface area (Å²) in [7, 11) is 1.61. The SMILES string of the molecule is COc1ccc(/C=N\NC(=O)CSc2nnc(-c3ccccc3)n2-c2ccc(Cl)cc2)cc1. The Morgan fingerprint density at radius 2 is 1.79 bits per heavy atom. The van der Waals surface area contributed by atoms with Gasteiger partial charge in [0.2, 0.25) is 0 Å². The van der Waals surface area contributed by atoms with E-state index in [-0.39, 0.29) is 11.7 Å². The van der Waals surface area contributed by atoms with Crippen LogP contribution in [0.3, 0.4) is 0 Å². The lowest BCUT2D eigenvalue weighted by Gasteiger charge is -2.10. The molecule has 166 valence electrons. The number of ether oxygens (including phenoxy) is 1. The molecule has 1 heterocycles. The Morgan fingerprint density at radius 1 is 1.06 bits per heavy atom. The first-order chi connectivity index (χ1) is 16.1. The van der Waals surface area contributed by atoms with Gasteiger partial charge in [-0.25, -0.2) is 5.43 Å². The third-order valence-electron chi connectivity index (χ3n) is 4.60. The van der Waals surface area contributed by atoms with E-state index in [9.17, 15) is 4.79 Å². The molecule has 0 saturated carbocycles. The molecule has 1 aromatic heterocycles. The van der Waals surface area contributed by atoms with Crippen molar-refractivity contribution >= 4 is 35.5 Å². The van der Waals surface area contributed by atoms with E-state index in [0.717, 1.165) is 22.6 Å². The van der Waals surface area contributed by atoms with Gasteiger partial charge < -0.3 is 4.74 Å². The molecule has 0 bridgehead atoms. The Labute approximate surface area is 200 Å². The molecule has 9 heteroatoms. The van der Waals surface area contributed by atoms with Crippen LogP contribution < -0.4 is 10.2 Å². The minimum Gasteiger partial charge on any atom is -0.497 e. The van der Waals surface area contributed by atoms with E-state index < -0.39 is 0 Å². The number of thioether (sulfide) groups is 1. The van der Waals surface area contributed by atoms with Crippen molar-refractivity contribution in [2.75, 3.05) is 12.9 Å². The summed E-state index contributed by atoms with van der Waals surface area (Å²) < 4.78 is 7.03. The van der Waals surface area contributed by atoms with Crippen molar-refractivity contribution in [2.45, 2.75) is 5.16 Å². The van der Waals surface area contributed by atoms with Crippen molar-refractivity contribution in [1.82, 2.24) is 20.2 Å². The van der Waals surface area contributed by atoms with Crippen LogP contribution in [0.4, 0.5) is 0 Å². The second-order valence-electron chi connectivity index (χ2n) is 6.84. The molecule has 1 N–H and O–H groups in total. The van der Waals surface area contributed by atoms with Crippen molar-refractivity contribution in [3.8, 4) is 22.8 Å². The van der Waals surface area contributed by atoms with Crippen LogP contribution in [0.15, 0.2) is 89.1 Å². The molecule has 0 radical (unpaired) electrons. The maximum Gasteiger partial charge on any atom is 0.250 e. The largest absolute Gasteiger partial charge is 0.497 e. The van der Waals surface area contributed by atoms with Crippen LogP contribution in [0.2, 0.25) is 5.02 Å². The maximum atomic E-state index is 12.3. The Hall–Kier alpha value is -3.62. The maximum absolute atomic E-state index is 12.3. The number of halogens is 1. The van der Waals surface area contributed by atoms with Gasteiger partial charge in [-0.3, -0.25) is 9.36 Å². The van der Waals surface area contributed by atoms with Gasteiger partial charge in [-0.05, 0) is 54.1 Å². The number of amides is 1. The predicted octanol–water partition coefficient (Wildman–Crippen LogP) is 4.84. The zero-order valence-electron chi connectivity index (χ0n) is 17.7. The summed E-state index contributed by atoms with van der Waals surface area (Å²) in [5.41, 5.74) is 5.15. The highest BCUT2D eigenvalue weighted by molar-refractivity contribution is 7.99. The third-order valence-corrected chi connectivity index (χ3v) is 5.78.